The van der Waals surface area contributed by atoms with E-state index in [0.29, 0.717) is 11.1 Å². The van der Waals surface area contributed by atoms with Gasteiger partial charge in [0, 0.05) is 15.6 Å². The Kier molecular flexibility index (Phi) is 4.39. The first-order chi connectivity index (χ1) is 11.1. The molecule has 23 heavy (non-hydrogen) atoms. The van der Waals surface area contributed by atoms with Crippen molar-refractivity contribution >= 4 is 38.8 Å². The van der Waals surface area contributed by atoms with Gasteiger partial charge in [0.15, 0.2) is 0 Å². The van der Waals surface area contributed by atoms with Crippen LogP contribution >= 0.6 is 15.9 Å². The molecular weight excluding hydrogens is 356 g/mol. The Morgan fingerprint density at radius 1 is 1.09 bits per heavy atom. The van der Waals surface area contributed by atoms with Crippen LogP contribution in [0, 0.1) is 0 Å². The normalized spacial score (nSPS) is 11.0. The van der Waals surface area contributed by atoms with E-state index in [1.165, 1.54) is 6.21 Å². The van der Waals surface area contributed by atoms with Gasteiger partial charge in [0.1, 0.15) is 5.75 Å². The molecule has 3 aromatic rings. The fraction of sp³-hybridized carbons (Fsp3) is 0. The maximum Gasteiger partial charge on any atom is 0.271 e. The van der Waals surface area contributed by atoms with Gasteiger partial charge in [0.25, 0.3) is 5.91 Å². The fourth-order valence-corrected chi connectivity index (χ4v) is 2.65. The van der Waals surface area contributed by atoms with E-state index in [4.69, 9.17) is 0 Å². The highest BCUT2D eigenvalue weighted by atomic mass is 79.9. The lowest BCUT2D eigenvalue weighted by Gasteiger charge is -2.05. The standard InChI is InChI=1S/C18H13BrN2O2/c19-14-8-9-17(22)13(10-14)11-20-21-18(23)16-7-3-5-12-4-1-2-6-15(12)16/h1-11,22H,(H,21,23)/b20-11+. The van der Waals surface area contributed by atoms with Crippen LogP contribution in [0.5, 0.6) is 5.75 Å². The summed E-state index contributed by atoms with van der Waals surface area (Å²) < 4.78 is 0.817. The third-order valence-electron chi connectivity index (χ3n) is 3.39. The fourth-order valence-electron chi connectivity index (χ4n) is 2.27. The van der Waals surface area contributed by atoms with Crippen LogP contribution in [0.1, 0.15) is 15.9 Å². The van der Waals surface area contributed by atoms with E-state index in [1.54, 1.807) is 24.3 Å². The van der Waals surface area contributed by atoms with Gasteiger partial charge in [0.05, 0.1) is 6.21 Å². The second-order valence-corrected chi connectivity index (χ2v) is 5.84. The molecule has 3 aromatic carbocycles. The molecule has 0 aliphatic heterocycles. The average Bonchev–Trinajstić information content (AvgIpc) is 2.57. The van der Waals surface area contributed by atoms with E-state index in [0.717, 1.165) is 15.2 Å². The maximum atomic E-state index is 12.3. The van der Waals surface area contributed by atoms with E-state index >= 15 is 0 Å². The van der Waals surface area contributed by atoms with Crippen LogP contribution in [0.25, 0.3) is 10.8 Å². The number of amides is 1. The molecule has 114 valence electrons. The van der Waals surface area contributed by atoms with Crippen molar-refractivity contribution in [1.82, 2.24) is 5.43 Å². The molecule has 4 nitrogen and oxygen atoms in total. The van der Waals surface area contributed by atoms with E-state index in [1.807, 2.05) is 36.4 Å². The first kappa shape index (κ1) is 15.2. The predicted molar refractivity (Wildman–Crippen MR) is 94.8 cm³/mol. The van der Waals surface area contributed by atoms with Crippen molar-refractivity contribution in [3.05, 3.63) is 76.3 Å². The number of aromatic hydroxyl groups is 1. The van der Waals surface area contributed by atoms with Gasteiger partial charge >= 0.3 is 0 Å². The van der Waals surface area contributed by atoms with Crippen molar-refractivity contribution in [3.63, 3.8) is 0 Å². The number of hydrazone groups is 1. The van der Waals surface area contributed by atoms with E-state index in [9.17, 15) is 9.90 Å². The molecule has 0 bridgehead atoms. The van der Waals surface area contributed by atoms with Gasteiger partial charge in [-0.05, 0) is 35.0 Å². The smallest absolute Gasteiger partial charge is 0.271 e. The summed E-state index contributed by atoms with van der Waals surface area (Å²) in [6, 6.07) is 18.2. The van der Waals surface area contributed by atoms with Gasteiger partial charge in [-0.25, -0.2) is 5.43 Å². The van der Waals surface area contributed by atoms with Gasteiger partial charge in [-0.15, -0.1) is 0 Å². The molecule has 2 N–H and O–H groups in total. The van der Waals surface area contributed by atoms with E-state index in [-0.39, 0.29) is 11.7 Å². The predicted octanol–water partition coefficient (Wildman–Crippen LogP) is 4.07. The number of phenols is 1. The van der Waals surface area contributed by atoms with Gasteiger partial charge in [-0.3, -0.25) is 4.79 Å². The summed E-state index contributed by atoms with van der Waals surface area (Å²) >= 11 is 3.32. The van der Waals surface area contributed by atoms with Crippen molar-refractivity contribution in [1.29, 1.82) is 0 Å². The van der Waals surface area contributed by atoms with Crippen LogP contribution in [0.3, 0.4) is 0 Å². The Morgan fingerprint density at radius 3 is 2.74 bits per heavy atom. The summed E-state index contributed by atoms with van der Waals surface area (Å²) in [5.41, 5.74) is 3.56. The number of carbonyl (C=O) groups is 1. The molecule has 0 aliphatic rings. The highest BCUT2D eigenvalue weighted by Crippen LogP contribution is 2.20. The number of phenolic OH excluding ortho intramolecular Hbond substituents is 1. The van der Waals surface area contributed by atoms with Crippen LogP contribution in [-0.4, -0.2) is 17.2 Å². The average molecular weight is 369 g/mol. The van der Waals surface area contributed by atoms with E-state index < -0.39 is 0 Å². The monoisotopic (exact) mass is 368 g/mol. The Labute approximate surface area is 141 Å². The Bertz CT molecular complexity index is 901. The summed E-state index contributed by atoms with van der Waals surface area (Å²) in [5, 5.41) is 15.5. The van der Waals surface area contributed by atoms with Crippen LogP contribution < -0.4 is 5.43 Å². The summed E-state index contributed by atoms with van der Waals surface area (Å²) in [6.07, 6.45) is 1.41. The summed E-state index contributed by atoms with van der Waals surface area (Å²) in [5.74, 6) is -0.205. The minimum atomic E-state index is -0.299. The number of fused-ring (bicyclic) bond motifs is 1. The molecule has 0 fully saturated rings. The molecule has 0 aliphatic carbocycles. The minimum absolute atomic E-state index is 0.0939. The third-order valence-corrected chi connectivity index (χ3v) is 3.89. The van der Waals surface area contributed by atoms with Crippen LogP contribution in [0.2, 0.25) is 0 Å². The SMILES string of the molecule is O=C(N/N=C/c1cc(Br)ccc1O)c1cccc2ccccc12. The van der Waals surface area contributed by atoms with Crippen LogP contribution in [-0.2, 0) is 0 Å². The number of carbonyl (C=O) groups excluding carboxylic acids is 1. The maximum absolute atomic E-state index is 12.3. The Balaban J connectivity index is 1.81. The van der Waals surface area contributed by atoms with Crippen LogP contribution in [0.15, 0.2) is 70.2 Å². The number of nitrogens with one attached hydrogen (secondary N) is 1. The molecule has 0 unspecified atom stereocenters. The molecule has 5 heteroatoms. The lowest BCUT2D eigenvalue weighted by Crippen LogP contribution is -2.17. The second-order valence-electron chi connectivity index (χ2n) is 4.93. The molecule has 3 rings (SSSR count). The van der Waals surface area contributed by atoms with Gasteiger partial charge in [-0.1, -0.05) is 52.3 Å². The molecule has 0 saturated heterocycles. The highest BCUT2D eigenvalue weighted by Gasteiger charge is 2.08. The summed E-state index contributed by atoms with van der Waals surface area (Å²) in [6.45, 7) is 0. The van der Waals surface area contributed by atoms with Crippen LogP contribution in [0.4, 0.5) is 0 Å². The van der Waals surface area contributed by atoms with Crippen molar-refractivity contribution in [2.75, 3.05) is 0 Å². The highest BCUT2D eigenvalue weighted by molar-refractivity contribution is 9.10. The van der Waals surface area contributed by atoms with Gasteiger partial charge < -0.3 is 5.11 Å². The van der Waals surface area contributed by atoms with E-state index in [2.05, 4.69) is 26.5 Å². The van der Waals surface area contributed by atoms with Gasteiger partial charge in [0.2, 0.25) is 0 Å². The van der Waals surface area contributed by atoms with Crippen molar-refractivity contribution in [2.24, 2.45) is 5.10 Å². The first-order valence-corrected chi connectivity index (χ1v) is 7.74. The lowest BCUT2D eigenvalue weighted by atomic mass is 10.0. The largest absolute Gasteiger partial charge is 0.507 e. The quantitative estimate of drug-likeness (QED) is 0.540. The van der Waals surface area contributed by atoms with Crippen molar-refractivity contribution in [3.8, 4) is 5.75 Å². The van der Waals surface area contributed by atoms with Crippen molar-refractivity contribution < 1.29 is 9.90 Å². The van der Waals surface area contributed by atoms with Gasteiger partial charge in [-0.2, -0.15) is 5.10 Å². The lowest BCUT2D eigenvalue weighted by molar-refractivity contribution is 0.0957. The molecule has 0 spiro atoms. The number of nitrogens with zero attached hydrogens (tertiary/aromatic N) is 1. The Hall–Kier alpha value is -2.66. The first-order valence-electron chi connectivity index (χ1n) is 6.95. The molecule has 1 amide bonds. The molecule has 0 saturated carbocycles. The number of halogens is 1. The Morgan fingerprint density at radius 2 is 1.87 bits per heavy atom. The molecular formula is C18H13BrN2O2. The summed E-state index contributed by atoms with van der Waals surface area (Å²) in [4.78, 5) is 12.3. The number of rotatable bonds is 3. The molecule has 0 aromatic heterocycles. The number of hydrogen-bond acceptors (Lipinski definition) is 3. The number of benzene rings is 3. The second kappa shape index (κ2) is 6.62. The number of hydrogen-bond donors (Lipinski definition) is 2. The molecule has 0 radical (unpaired) electrons. The zero-order valence-corrected chi connectivity index (χ0v) is 13.6. The third kappa shape index (κ3) is 3.40. The van der Waals surface area contributed by atoms with Crippen molar-refractivity contribution in [2.45, 2.75) is 0 Å². The summed E-state index contributed by atoms with van der Waals surface area (Å²) in [7, 11) is 0. The zero-order valence-electron chi connectivity index (χ0n) is 12.0. The molecule has 0 heterocycles. The minimum Gasteiger partial charge on any atom is -0.507 e. The zero-order chi connectivity index (χ0) is 16.2. The topological polar surface area (TPSA) is 61.7 Å². The molecule has 0 atom stereocenters.